The summed E-state index contributed by atoms with van der Waals surface area (Å²) in [6.45, 7) is 5.67. The molecule has 1 amide bonds. The number of carbonyl (C=O) groups is 1. The Morgan fingerprint density at radius 3 is 2.65 bits per heavy atom. The number of hydrogen-bond acceptors (Lipinski definition) is 2. The third-order valence-electron chi connectivity index (χ3n) is 6.15. The van der Waals surface area contributed by atoms with Gasteiger partial charge in [0.05, 0.1) is 16.7 Å². The summed E-state index contributed by atoms with van der Waals surface area (Å²) in [6.07, 6.45) is 0.470. The average Bonchev–Trinajstić information content (AvgIpc) is 3.32. The molecule has 31 heavy (non-hydrogen) atoms. The number of hydrogen-bond donors (Lipinski definition) is 0. The summed E-state index contributed by atoms with van der Waals surface area (Å²) in [5.41, 5.74) is 6.83. The van der Waals surface area contributed by atoms with Gasteiger partial charge < -0.3 is 9.47 Å². The van der Waals surface area contributed by atoms with E-state index in [1.165, 1.54) is 16.7 Å². The van der Waals surface area contributed by atoms with Crippen LogP contribution in [0.2, 0.25) is 0 Å². The van der Waals surface area contributed by atoms with E-state index in [1.807, 2.05) is 35.2 Å². The summed E-state index contributed by atoms with van der Waals surface area (Å²) in [7, 11) is 0. The van der Waals surface area contributed by atoms with Crippen LogP contribution in [0.5, 0.6) is 0 Å². The highest BCUT2D eigenvalue weighted by molar-refractivity contribution is 9.10. The number of aromatic nitrogens is 2. The number of imidazole rings is 1. The van der Waals surface area contributed by atoms with E-state index in [0.29, 0.717) is 13.0 Å². The molecule has 0 bridgehead atoms. The minimum Gasteiger partial charge on any atom is -0.323 e. The lowest BCUT2D eigenvalue weighted by Crippen LogP contribution is -2.25. The van der Waals surface area contributed by atoms with Crippen molar-refractivity contribution >= 4 is 38.6 Å². The highest BCUT2D eigenvalue weighted by Crippen LogP contribution is 2.36. The van der Waals surface area contributed by atoms with Gasteiger partial charge in [0.25, 0.3) is 0 Å². The van der Waals surface area contributed by atoms with Crippen molar-refractivity contribution in [2.45, 2.75) is 32.7 Å². The first-order valence-corrected chi connectivity index (χ1v) is 11.4. The van der Waals surface area contributed by atoms with Crippen molar-refractivity contribution in [3.05, 3.63) is 93.7 Å². The average molecular weight is 474 g/mol. The van der Waals surface area contributed by atoms with Crippen LogP contribution in [0.4, 0.5) is 5.69 Å². The largest absolute Gasteiger partial charge is 0.323 e. The maximum atomic E-state index is 13.0. The minimum absolute atomic E-state index is 0.0529. The quantitative estimate of drug-likeness (QED) is 0.365. The summed E-state index contributed by atoms with van der Waals surface area (Å²) in [5.74, 6) is 1.18. The molecule has 1 aromatic heterocycles. The summed E-state index contributed by atoms with van der Waals surface area (Å²) in [6, 6.07) is 22.7. The number of fused-ring (bicyclic) bond motifs is 1. The molecule has 5 rings (SSSR count). The molecule has 1 aliphatic heterocycles. The first kappa shape index (κ1) is 20.0. The molecule has 0 saturated carbocycles. The van der Waals surface area contributed by atoms with Crippen molar-refractivity contribution in [1.82, 2.24) is 9.55 Å². The summed E-state index contributed by atoms with van der Waals surface area (Å²) in [5, 5.41) is 0. The molecule has 0 spiro atoms. The van der Waals surface area contributed by atoms with Crippen LogP contribution in [0.1, 0.15) is 34.9 Å². The summed E-state index contributed by atoms with van der Waals surface area (Å²) < 4.78 is 3.24. The first-order chi connectivity index (χ1) is 15.0. The number of anilines is 1. The molecule has 0 radical (unpaired) electrons. The van der Waals surface area contributed by atoms with E-state index in [9.17, 15) is 4.79 Å². The van der Waals surface area contributed by atoms with E-state index in [4.69, 9.17) is 4.98 Å². The van der Waals surface area contributed by atoms with Crippen molar-refractivity contribution in [3.8, 4) is 0 Å². The number of para-hydroxylation sites is 3. The van der Waals surface area contributed by atoms with Gasteiger partial charge >= 0.3 is 0 Å². The minimum atomic E-state index is 0.0529. The number of nitrogens with zero attached hydrogens (tertiary/aromatic N) is 3. The Balaban J connectivity index is 1.56. The monoisotopic (exact) mass is 473 g/mol. The van der Waals surface area contributed by atoms with Gasteiger partial charge in [-0.15, -0.1) is 0 Å². The van der Waals surface area contributed by atoms with Gasteiger partial charge in [-0.05, 0) is 65.2 Å². The van der Waals surface area contributed by atoms with Gasteiger partial charge in [0.15, 0.2) is 0 Å². The lowest BCUT2D eigenvalue weighted by Gasteiger charge is -2.19. The zero-order chi connectivity index (χ0) is 21.5. The lowest BCUT2D eigenvalue weighted by molar-refractivity contribution is -0.117. The van der Waals surface area contributed by atoms with Gasteiger partial charge in [0, 0.05) is 29.9 Å². The van der Waals surface area contributed by atoms with Crippen molar-refractivity contribution in [1.29, 1.82) is 0 Å². The number of carbonyl (C=O) groups excluding carboxylic acids is 1. The standard InChI is InChI=1S/C26H24BrN3O/c1-17-11-12-18(2)19(13-17)15-30-24-10-6-4-8-22(24)28-26(30)20-14-25(31)29(16-20)23-9-5-3-7-21(23)27/h3-13,20H,14-16H2,1-2H3. The number of aryl methyl sites for hydroxylation is 2. The van der Waals surface area contributed by atoms with Gasteiger partial charge in [-0.25, -0.2) is 4.98 Å². The Kier molecular flexibility index (Phi) is 5.14. The Morgan fingerprint density at radius 2 is 1.81 bits per heavy atom. The van der Waals surface area contributed by atoms with E-state index >= 15 is 0 Å². The molecule has 4 aromatic rings. The number of rotatable bonds is 4. The SMILES string of the molecule is Cc1ccc(C)c(Cn2c(C3CC(=O)N(c4ccccc4Br)C3)nc3ccccc32)c1. The molecule has 1 saturated heterocycles. The fourth-order valence-corrected chi connectivity index (χ4v) is 5.00. The van der Waals surface area contributed by atoms with Crippen LogP contribution in [0.25, 0.3) is 11.0 Å². The molecule has 156 valence electrons. The fraction of sp³-hybridized carbons (Fsp3) is 0.231. The molecule has 0 aliphatic carbocycles. The van der Waals surface area contributed by atoms with Crippen LogP contribution in [-0.2, 0) is 11.3 Å². The van der Waals surface area contributed by atoms with Gasteiger partial charge in [-0.2, -0.15) is 0 Å². The first-order valence-electron chi connectivity index (χ1n) is 10.6. The van der Waals surface area contributed by atoms with Crippen LogP contribution in [0, 0.1) is 13.8 Å². The second kappa shape index (κ2) is 7.97. The highest BCUT2D eigenvalue weighted by Gasteiger charge is 2.35. The van der Waals surface area contributed by atoms with E-state index in [-0.39, 0.29) is 11.8 Å². The maximum absolute atomic E-state index is 13.0. The van der Waals surface area contributed by atoms with E-state index in [0.717, 1.165) is 33.6 Å². The van der Waals surface area contributed by atoms with E-state index < -0.39 is 0 Å². The number of halogens is 1. The molecular weight excluding hydrogens is 450 g/mol. The van der Waals surface area contributed by atoms with Crippen LogP contribution in [-0.4, -0.2) is 22.0 Å². The number of amides is 1. The second-order valence-electron chi connectivity index (χ2n) is 8.33. The molecule has 2 heterocycles. The molecule has 1 fully saturated rings. The molecule has 1 unspecified atom stereocenters. The second-order valence-corrected chi connectivity index (χ2v) is 9.19. The molecule has 1 atom stereocenters. The topological polar surface area (TPSA) is 38.1 Å². The van der Waals surface area contributed by atoms with E-state index in [2.05, 4.69) is 70.7 Å². The van der Waals surface area contributed by atoms with Crippen LogP contribution in [0.3, 0.4) is 0 Å². The zero-order valence-corrected chi connectivity index (χ0v) is 19.3. The predicted molar refractivity (Wildman–Crippen MR) is 129 cm³/mol. The summed E-state index contributed by atoms with van der Waals surface area (Å²) >= 11 is 3.60. The molecular formula is C26H24BrN3O. The van der Waals surface area contributed by atoms with E-state index in [1.54, 1.807) is 0 Å². The number of benzene rings is 3. The van der Waals surface area contributed by atoms with Crippen molar-refractivity contribution in [2.24, 2.45) is 0 Å². The fourth-order valence-electron chi connectivity index (χ4n) is 4.50. The van der Waals surface area contributed by atoms with Crippen LogP contribution >= 0.6 is 15.9 Å². The Bertz CT molecular complexity index is 1290. The maximum Gasteiger partial charge on any atom is 0.227 e. The normalized spacial score (nSPS) is 16.4. The van der Waals surface area contributed by atoms with Crippen molar-refractivity contribution in [3.63, 3.8) is 0 Å². The van der Waals surface area contributed by atoms with Gasteiger partial charge in [-0.1, -0.05) is 48.0 Å². The van der Waals surface area contributed by atoms with Crippen LogP contribution < -0.4 is 4.90 Å². The van der Waals surface area contributed by atoms with Crippen LogP contribution in [0.15, 0.2) is 71.2 Å². The third-order valence-corrected chi connectivity index (χ3v) is 6.82. The third kappa shape index (κ3) is 3.68. The Morgan fingerprint density at radius 1 is 1.03 bits per heavy atom. The molecule has 1 aliphatic rings. The molecule has 0 N–H and O–H groups in total. The Hall–Kier alpha value is -2.92. The van der Waals surface area contributed by atoms with Gasteiger partial charge in [0.2, 0.25) is 5.91 Å². The molecule has 3 aromatic carbocycles. The van der Waals surface area contributed by atoms with Crippen molar-refractivity contribution < 1.29 is 4.79 Å². The predicted octanol–water partition coefficient (Wildman–Crippen LogP) is 5.98. The highest BCUT2D eigenvalue weighted by atomic mass is 79.9. The van der Waals surface area contributed by atoms with Gasteiger partial charge in [-0.3, -0.25) is 4.79 Å². The van der Waals surface area contributed by atoms with Gasteiger partial charge in [0.1, 0.15) is 5.82 Å². The Labute approximate surface area is 190 Å². The summed E-state index contributed by atoms with van der Waals surface area (Å²) in [4.78, 5) is 19.8. The zero-order valence-electron chi connectivity index (χ0n) is 17.7. The van der Waals surface area contributed by atoms with Crippen molar-refractivity contribution in [2.75, 3.05) is 11.4 Å². The smallest absolute Gasteiger partial charge is 0.227 e. The molecule has 5 heteroatoms. The molecule has 4 nitrogen and oxygen atoms in total. The lowest BCUT2D eigenvalue weighted by atomic mass is 10.0.